The van der Waals surface area contributed by atoms with Crippen LogP contribution < -0.4 is 0 Å². The Morgan fingerprint density at radius 3 is 2.00 bits per heavy atom. The summed E-state index contributed by atoms with van der Waals surface area (Å²) in [5.41, 5.74) is 2.75. The molecule has 180 valence electrons. The van der Waals surface area contributed by atoms with Crippen molar-refractivity contribution in [2.45, 2.75) is 69.1 Å². The van der Waals surface area contributed by atoms with Gasteiger partial charge < -0.3 is 15.3 Å². The first-order valence-electron chi connectivity index (χ1n) is 11.5. The van der Waals surface area contributed by atoms with Crippen LogP contribution in [-0.4, -0.2) is 43.3 Å². The zero-order valence-corrected chi connectivity index (χ0v) is 19.7. The second-order valence-electron chi connectivity index (χ2n) is 8.24. The molecule has 2 aromatic rings. The second-order valence-corrected chi connectivity index (χ2v) is 9.92. The van der Waals surface area contributed by atoms with E-state index in [4.69, 9.17) is 5.11 Å². The lowest BCUT2D eigenvalue weighted by molar-refractivity contribution is -0.146. The van der Waals surface area contributed by atoms with Crippen LogP contribution in [0.15, 0.2) is 54.6 Å². The van der Waals surface area contributed by atoms with Crippen molar-refractivity contribution in [3.8, 4) is 0 Å². The molecule has 3 atom stereocenters. The molecule has 7 heteroatoms. The molecule has 0 spiro atoms. The van der Waals surface area contributed by atoms with Crippen LogP contribution in [0.4, 0.5) is 0 Å². The summed E-state index contributed by atoms with van der Waals surface area (Å²) in [5.74, 6) is -2.78. The fraction of sp³-hybridized carbons (Fsp3) is 0.462. The Kier molecular flexibility index (Phi) is 11.8. The molecule has 0 radical (unpaired) electrons. The monoisotopic (exact) mass is 474 g/mol. The van der Waals surface area contributed by atoms with Gasteiger partial charge in [-0.05, 0) is 42.4 Å². The van der Waals surface area contributed by atoms with Gasteiger partial charge in [0.2, 0.25) is 0 Å². The maximum absolute atomic E-state index is 12.7. The van der Waals surface area contributed by atoms with Gasteiger partial charge in [0.15, 0.2) is 6.10 Å². The molecule has 2 rings (SSSR count). The standard InChI is InChI=1S/C26H34O6S/c27-23(28)18-19-33(32)25(24(29)26(30)31)22-17-11-10-16-21(22)15-9-4-2-1-3-6-12-20-13-7-5-8-14-20/h5,7-8,10-11,13-14,16-17,24-25,29H,1-4,6,9,12,15,18-19H2,(H,27,28)(H,30,31). The van der Waals surface area contributed by atoms with Crippen molar-refractivity contribution >= 4 is 22.7 Å². The molecule has 0 heterocycles. The molecule has 2 aromatic carbocycles. The van der Waals surface area contributed by atoms with Gasteiger partial charge in [0.05, 0.1) is 11.7 Å². The summed E-state index contributed by atoms with van der Waals surface area (Å²) in [7, 11) is -1.83. The minimum Gasteiger partial charge on any atom is -0.481 e. The summed E-state index contributed by atoms with van der Waals surface area (Å²) in [6, 6.07) is 17.6. The molecule has 0 fully saturated rings. The smallest absolute Gasteiger partial charge is 0.334 e. The summed E-state index contributed by atoms with van der Waals surface area (Å²) >= 11 is 0. The molecule has 0 saturated carbocycles. The number of benzene rings is 2. The summed E-state index contributed by atoms with van der Waals surface area (Å²) in [5, 5.41) is 27.3. The highest BCUT2D eigenvalue weighted by atomic mass is 32.2. The Morgan fingerprint density at radius 1 is 0.788 bits per heavy atom. The van der Waals surface area contributed by atoms with E-state index in [-0.39, 0.29) is 12.2 Å². The van der Waals surface area contributed by atoms with Crippen LogP contribution in [0.25, 0.3) is 0 Å². The van der Waals surface area contributed by atoms with Crippen LogP contribution >= 0.6 is 0 Å². The first kappa shape index (κ1) is 26.7. The molecular formula is C26H34O6S. The van der Waals surface area contributed by atoms with Gasteiger partial charge in [-0.25, -0.2) is 4.79 Å². The van der Waals surface area contributed by atoms with Crippen LogP contribution in [-0.2, 0) is 33.2 Å². The number of hydrogen-bond acceptors (Lipinski definition) is 4. The summed E-state index contributed by atoms with van der Waals surface area (Å²) in [6.45, 7) is 0. The topological polar surface area (TPSA) is 112 Å². The number of aliphatic hydroxyl groups is 1. The highest BCUT2D eigenvalue weighted by Gasteiger charge is 2.33. The fourth-order valence-electron chi connectivity index (χ4n) is 3.94. The highest BCUT2D eigenvalue weighted by molar-refractivity contribution is 7.85. The molecule has 0 aliphatic heterocycles. The average Bonchev–Trinajstić information content (AvgIpc) is 2.81. The van der Waals surface area contributed by atoms with Crippen molar-refractivity contribution in [3.63, 3.8) is 0 Å². The number of aliphatic hydroxyl groups excluding tert-OH is 1. The predicted octanol–water partition coefficient (Wildman–Crippen LogP) is 4.52. The van der Waals surface area contributed by atoms with E-state index in [0.717, 1.165) is 37.7 Å². The maximum atomic E-state index is 12.7. The number of aliphatic carboxylic acids is 2. The van der Waals surface area contributed by atoms with Crippen LogP contribution in [0.1, 0.15) is 66.9 Å². The second kappa shape index (κ2) is 14.6. The van der Waals surface area contributed by atoms with E-state index in [1.165, 1.54) is 18.4 Å². The van der Waals surface area contributed by atoms with Crippen molar-refractivity contribution in [2.24, 2.45) is 0 Å². The van der Waals surface area contributed by atoms with Crippen molar-refractivity contribution in [1.29, 1.82) is 0 Å². The number of aryl methyl sites for hydroxylation is 2. The molecular weight excluding hydrogens is 440 g/mol. The van der Waals surface area contributed by atoms with Crippen molar-refractivity contribution in [1.82, 2.24) is 0 Å². The van der Waals surface area contributed by atoms with E-state index in [1.54, 1.807) is 12.1 Å². The highest BCUT2D eigenvalue weighted by Crippen LogP contribution is 2.29. The zero-order chi connectivity index (χ0) is 24.1. The van der Waals surface area contributed by atoms with E-state index in [9.17, 15) is 24.0 Å². The first-order valence-corrected chi connectivity index (χ1v) is 12.9. The maximum Gasteiger partial charge on any atom is 0.334 e. The van der Waals surface area contributed by atoms with Crippen LogP contribution in [0.5, 0.6) is 0 Å². The van der Waals surface area contributed by atoms with Gasteiger partial charge in [-0.1, -0.05) is 80.3 Å². The minimum absolute atomic E-state index is 0.207. The molecule has 0 saturated heterocycles. The van der Waals surface area contributed by atoms with Crippen molar-refractivity contribution in [2.75, 3.05) is 5.75 Å². The van der Waals surface area contributed by atoms with Gasteiger partial charge in [-0.2, -0.15) is 0 Å². The number of hydrogen-bond donors (Lipinski definition) is 3. The van der Waals surface area contributed by atoms with Gasteiger partial charge in [0.1, 0.15) is 0 Å². The van der Waals surface area contributed by atoms with E-state index >= 15 is 0 Å². The lowest BCUT2D eigenvalue weighted by Crippen LogP contribution is -2.32. The third-order valence-corrected chi connectivity index (χ3v) is 7.39. The SMILES string of the molecule is O=C(O)CCS(=O)C(c1ccccc1CCCCCCCCc1ccccc1)C(O)C(=O)O. The summed E-state index contributed by atoms with van der Waals surface area (Å²) in [4.78, 5) is 22.3. The Morgan fingerprint density at radius 2 is 1.36 bits per heavy atom. The lowest BCUT2D eigenvalue weighted by Gasteiger charge is -2.22. The van der Waals surface area contributed by atoms with Crippen molar-refractivity contribution < 1.29 is 29.1 Å². The lowest BCUT2D eigenvalue weighted by atomic mass is 9.96. The molecule has 0 aliphatic rings. The Balaban J connectivity index is 1.86. The normalized spacial score (nSPS) is 13.8. The zero-order valence-electron chi connectivity index (χ0n) is 18.9. The average molecular weight is 475 g/mol. The molecule has 0 aliphatic carbocycles. The van der Waals surface area contributed by atoms with Gasteiger partial charge in [-0.3, -0.25) is 9.00 Å². The summed E-state index contributed by atoms with van der Waals surface area (Å²) < 4.78 is 12.7. The largest absolute Gasteiger partial charge is 0.481 e. The van der Waals surface area contributed by atoms with E-state index < -0.39 is 34.1 Å². The number of unbranched alkanes of at least 4 members (excludes halogenated alkanes) is 5. The van der Waals surface area contributed by atoms with Gasteiger partial charge in [0.25, 0.3) is 0 Å². The fourth-order valence-corrected chi connectivity index (χ4v) is 5.48. The molecule has 3 unspecified atom stereocenters. The number of rotatable bonds is 16. The van der Waals surface area contributed by atoms with E-state index in [1.807, 2.05) is 18.2 Å². The summed E-state index contributed by atoms with van der Waals surface area (Å²) in [6.07, 6.45) is 6.16. The van der Waals surface area contributed by atoms with E-state index in [2.05, 4.69) is 24.3 Å². The van der Waals surface area contributed by atoms with Gasteiger partial charge in [-0.15, -0.1) is 0 Å². The van der Waals surface area contributed by atoms with Gasteiger partial charge in [0, 0.05) is 16.6 Å². The molecule has 0 aromatic heterocycles. The number of carboxylic acid groups (broad SMARTS) is 2. The molecule has 0 bridgehead atoms. The molecule has 0 amide bonds. The number of carboxylic acids is 2. The van der Waals surface area contributed by atoms with Crippen LogP contribution in [0.2, 0.25) is 0 Å². The Labute approximate surface area is 198 Å². The molecule has 33 heavy (non-hydrogen) atoms. The third-order valence-electron chi connectivity index (χ3n) is 5.71. The van der Waals surface area contributed by atoms with E-state index in [0.29, 0.717) is 12.0 Å². The van der Waals surface area contributed by atoms with Crippen LogP contribution in [0, 0.1) is 0 Å². The Bertz CT molecular complexity index is 899. The van der Waals surface area contributed by atoms with Crippen LogP contribution in [0.3, 0.4) is 0 Å². The first-order chi connectivity index (χ1) is 15.9. The minimum atomic E-state index is -1.86. The van der Waals surface area contributed by atoms with Crippen molar-refractivity contribution in [3.05, 3.63) is 71.3 Å². The molecule has 6 nitrogen and oxygen atoms in total. The third kappa shape index (κ3) is 9.48. The quantitative estimate of drug-likeness (QED) is 0.308. The predicted molar refractivity (Wildman–Crippen MR) is 130 cm³/mol. The molecule has 3 N–H and O–H groups in total. The Hall–Kier alpha value is -2.51. The van der Waals surface area contributed by atoms with Gasteiger partial charge >= 0.3 is 11.9 Å². The number of carbonyl (C=O) groups is 2.